The minimum atomic E-state index is -3.99. The lowest BCUT2D eigenvalue weighted by atomic mass is 10.1. The van der Waals surface area contributed by atoms with Crippen LogP contribution >= 0.6 is 0 Å². The molecule has 0 aliphatic carbocycles. The van der Waals surface area contributed by atoms with Crippen LogP contribution in [0.1, 0.15) is 17.5 Å². The van der Waals surface area contributed by atoms with Gasteiger partial charge in [-0.3, -0.25) is 4.79 Å². The molecule has 1 atom stereocenters. The number of amides is 1. The first kappa shape index (κ1) is 22.9. The van der Waals surface area contributed by atoms with E-state index in [1.54, 1.807) is 26.2 Å². The SMILES string of the molecule is COCCCNC(=O)[C@H](Cc1ccccc1)NS(=O)(=O)c1cc(C)ccc1OC. The molecule has 2 aromatic rings. The Morgan fingerprint density at radius 3 is 2.48 bits per heavy atom. The number of nitrogens with one attached hydrogen (secondary N) is 2. The van der Waals surface area contributed by atoms with Crippen molar-refractivity contribution in [3.63, 3.8) is 0 Å². The van der Waals surface area contributed by atoms with Gasteiger partial charge in [0.05, 0.1) is 7.11 Å². The summed E-state index contributed by atoms with van der Waals surface area (Å²) in [6.45, 7) is 2.70. The van der Waals surface area contributed by atoms with E-state index in [2.05, 4.69) is 10.0 Å². The number of rotatable bonds is 11. The molecule has 2 N–H and O–H groups in total. The molecule has 7 nitrogen and oxygen atoms in total. The van der Waals surface area contributed by atoms with Gasteiger partial charge in [0.25, 0.3) is 0 Å². The van der Waals surface area contributed by atoms with Crippen molar-refractivity contribution in [1.82, 2.24) is 10.0 Å². The molecule has 0 unspecified atom stereocenters. The number of sulfonamides is 1. The minimum Gasteiger partial charge on any atom is -0.495 e. The van der Waals surface area contributed by atoms with Crippen molar-refractivity contribution >= 4 is 15.9 Å². The van der Waals surface area contributed by atoms with Crippen LogP contribution in [0.2, 0.25) is 0 Å². The van der Waals surface area contributed by atoms with E-state index in [0.717, 1.165) is 11.1 Å². The second kappa shape index (κ2) is 10.9. The number of ether oxygens (including phenoxy) is 2. The average Bonchev–Trinajstić information content (AvgIpc) is 2.71. The molecule has 0 saturated carbocycles. The van der Waals surface area contributed by atoms with Gasteiger partial charge in [0, 0.05) is 20.3 Å². The molecule has 0 saturated heterocycles. The topological polar surface area (TPSA) is 93.7 Å². The summed E-state index contributed by atoms with van der Waals surface area (Å²) in [5.41, 5.74) is 1.62. The van der Waals surface area contributed by atoms with Crippen molar-refractivity contribution in [2.45, 2.75) is 30.7 Å². The Morgan fingerprint density at radius 2 is 1.83 bits per heavy atom. The fourth-order valence-electron chi connectivity index (χ4n) is 2.83. The zero-order valence-electron chi connectivity index (χ0n) is 17.0. The van der Waals surface area contributed by atoms with Gasteiger partial charge in [-0.25, -0.2) is 8.42 Å². The van der Waals surface area contributed by atoms with Gasteiger partial charge in [-0.15, -0.1) is 0 Å². The molecular formula is C21H28N2O5S. The predicted octanol–water partition coefficient (Wildman–Crippen LogP) is 2.05. The van der Waals surface area contributed by atoms with Crippen LogP contribution in [-0.2, 0) is 26.0 Å². The van der Waals surface area contributed by atoms with Crippen LogP contribution in [0.15, 0.2) is 53.4 Å². The Kier molecular flexibility index (Phi) is 8.63. The molecule has 0 heterocycles. The van der Waals surface area contributed by atoms with E-state index in [-0.39, 0.29) is 23.0 Å². The summed E-state index contributed by atoms with van der Waals surface area (Å²) in [6, 6.07) is 13.2. The smallest absolute Gasteiger partial charge is 0.244 e. The summed E-state index contributed by atoms with van der Waals surface area (Å²) in [7, 11) is -0.989. The number of hydrogen-bond donors (Lipinski definition) is 2. The van der Waals surface area contributed by atoms with Crippen molar-refractivity contribution in [3.05, 3.63) is 59.7 Å². The standard InChI is InChI=1S/C21H28N2O5S/c1-16-10-11-19(28-3)20(14-16)29(25,26)23-18(15-17-8-5-4-6-9-17)21(24)22-12-7-13-27-2/h4-6,8-11,14,18,23H,7,12-13,15H2,1-3H3,(H,22,24)/t18-/m0/s1. The van der Waals surface area contributed by atoms with Gasteiger partial charge in [0.1, 0.15) is 16.7 Å². The first-order valence-corrected chi connectivity index (χ1v) is 10.8. The number of benzene rings is 2. The molecule has 2 rings (SSSR count). The summed E-state index contributed by atoms with van der Waals surface area (Å²) in [5, 5.41) is 2.77. The van der Waals surface area contributed by atoms with E-state index < -0.39 is 16.1 Å². The Hall–Kier alpha value is -2.42. The Balaban J connectivity index is 2.25. The van der Waals surface area contributed by atoms with E-state index in [1.807, 2.05) is 30.3 Å². The van der Waals surface area contributed by atoms with Crippen molar-refractivity contribution in [3.8, 4) is 5.75 Å². The van der Waals surface area contributed by atoms with Crippen LogP contribution in [0.3, 0.4) is 0 Å². The fraction of sp³-hybridized carbons (Fsp3) is 0.381. The molecule has 2 aromatic carbocycles. The molecule has 0 aliphatic rings. The predicted molar refractivity (Wildman–Crippen MR) is 111 cm³/mol. The molecular weight excluding hydrogens is 392 g/mol. The van der Waals surface area contributed by atoms with E-state index in [9.17, 15) is 13.2 Å². The minimum absolute atomic E-state index is 0.00486. The van der Waals surface area contributed by atoms with E-state index in [0.29, 0.717) is 19.6 Å². The van der Waals surface area contributed by atoms with Gasteiger partial charge < -0.3 is 14.8 Å². The molecule has 1 amide bonds. The maximum atomic E-state index is 13.1. The lowest BCUT2D eigenvalue weighted by molar-refractivity contribution is -0.122. The Bertz CT molecular complexity index is 901. The summed E-state index contributed by atoms with van der Waals surface area (Å²) in [4.78, 5) is 12.7. The van der Waals surface area contributed by atoms with Crippen LogP contribution in [-0.4, -0.2) is 47.7 Å². The Morgan fingerprint density at radius 1 is 1.10 bits per heavy atom. The monoisotopic (exact) mass is 420 g/mol. The summed E-state index contributed by atoms with van der Waals surface area (Å²) < 4.78 is 38.8. The lowest BCUT2D eigenvalue weighted by Crippen LogP contribution is -2.48. The first-order valence-electron chi connectivity index (χ1n) is 9.35. The molecule has 29 heavy (non-hydrogen) atoms. The number of aryl methyl sites for hydroxylation is 1. The van der Waals surface area contributed by atoms with Crippen molar-refractivity contribution < 1.29 is 22.7 Å². The number of hydrogen-bond acceptors (Lipinski definition) is 5. The third-order valence-corrected chi connectivity index (χ3v) is 5.82. The van der Waals surface area contributed by atoms with Crippen molar-refractivity contribution in [1.29, 1.82) is 0 Å². The van der Waals surface area contributed by atoms with Crippen LogP contribution in [0.4, 0.5) is 0 Å². The van der Waals surface area contributed by atoms with Gasteiger partial charge in [-0.2, -0.15) is 4.72 Å². The van der Waals surface area contributed by atoms with Crippen LogP contribution in [0.5, 0.6) is 5.75 Å². The van der Waals surface area contributed by atoms with Crippen LogP contribution in [0, 0.1) is 6.92 Å². The number of carbonyl (C=O) groups is 1. The van der Waals surface area contributed by atoms with Gasteiger partial charge in [0.2, 0.25) is 15.9 Å². The number of carbonyl (C=O) groups excluding carboxylic acids is 1. The maximum Gasteiger partial charge on any atom is 0.244 e. The molecule has 0 bridgehead atoms. The van der Waals surface area contributed by atoms with Crippen LogP contribution < -0.4 is 14.8 Å². The first-order chi connectivity index (χ1) is 13.9. The quantitative estimate of drug-likeness (QED) is 0.543. The molecule has 0 aromatic heterocycles. The second-order valence-electron chi connectivity index (χ2n) is 6.66. The molecule has 0 spiro atoms. The summed E-state index contributed by atoms with van der Waals surface area (Å²) >= 11 is 0. The lowest BCUT2D eigenvalue weighted by Gasteiger charge is -2.20. The van der Waals surface area contributed by atoms with E-state index in [1.165, 1.54) is 13.2 Å². The molecule has 0 aliphatic heterocycles. The van der Waals surface area contributed by atoms with E-state index in [4.69, 9.17) is 9.47 Å². The Labute approximate surface area is 172 Å². The number of methoxy groups -OCH3 is 2. The second-order valence-corrected chi connectivity index (χ2v) is 8.34. The third-order valence-electron chi connectivity index (χ3n) is 4.33. The molecule has 0 fully saturated rings. The maximum absolute atomic E-state index is 13.1. The van der Waals surface area contributed by atoms with Crippen molar-refractivity contribution in [2.24, 2.45) is 0 Å². The van der Waals surface area contributed by atoms with E-state index >= 15 is 0 Å². The molecule has 8 heteroatoms. The van der Waals surface area contributed by atoms with Gasteiger partial charge in [0.15, 0.2) is 0 Å². The zero-order valence-corrected chi connectivity index (χ0v) is 17.8. The molecule has 0 radical (unpaired) electrons. The van der Waals surface area contributed by atoms with Gasteiger partial charge in [-0.05, 0) is 43.0 Å². The van der Waals surface area contributed by atoms with Crippen LogP contribution in [0.25, 0.3) is 0 Å². The third kappa shape index (κ3) is 6.85. The zero-order chi connectivity index (χ0) is 21.3. The van der Waals surface area contributed by atoms with Gasteiger partial charge >= 0.3 is 0 Å². The average molecular weight is 421 g/mol. The van der Waals surface area contributed by atoms with Crippen molar-refractivity contribution in [2.75, 3.05) is 27.4 Å². The largest absolute Gasteiger partial charge is 0.495 e. The highest BCUT2D eigenvalue weighted by atomic mass is 32.2. The normalized spacial score (nSPS) is 12.4. The summed E-state index contributed by atoms with van der Waals surface area (Å²) in [5.74, 6) is -0.165. The fourth-order valence-corrected chi connectivity index (χ4v) is 4.28. The highest BCUT2D eigenvalue weighted by Crippen LogP contribution is 2.25. The molecule has 158 valence electrons. The highest BCUT2D eigenvalue weighted by Gasteiger charge is 2.28. The van der Waals surface area contributed by atoms with Gasteiger partial charge in [-0.1, -0.05) is 36.4 Å². The highest BCUT2D eigenvalue weighted by molar-refractivity contribution is 7.89. The summed E-state index contributed by atoms with van der Waals surface area (Å²) in [6.07, 6.45) is 0.864.